The van der Waals surface area contributed by atoms with Crippen LogP contribution in [-0.4, -0.2) is 29.6 Å². The Balaban J connectivity index is 2.29. The monoisotopic (exact) mass is 449 g/mol. The van der Waals surface area contributed by atoms with E-state index in [1.165, 1.54) is 18.2 Å². The van der Waals surface area contributed by atoms with Crippen molar-refractivity contribution in [2.75, 3.05) is 0 Å². The molecule has 2 atom stereocenters. The Kier molecular flexibility index (Phi) is 5.24. The Labute approximate surface area is 145 Å². The number of benzene rings is 1. The van der Waals surface area contributed by atoms with Crippen LogP contribution in [0.4, 0.5) is 0 Å². The first-order valence-corrected chi connectivity index (χ1v) is 9.55. The lowest BCUT2D eigenvalue weighted by Crippen LogP contribution is -2.35. The van der Waals surface area contributed by atoms with Gasteiger partial charge in [0, 0.05) is 0 Å². The number of halogens is 2. The zero-order valence-electron chi connectivity index (χ0n) is 11.8. The Morgan fingerprint density at radius 3 is 2.27 bits per heavy atom. The second kappa shape index (κ2) is 6.64. The average Bonchev–Trinajstić information content (AvgIpc) is 2.45. The number of carbonyl (C=O) groups excluding carboxylic acids is 1. The summed E-state index contributed by atoms with van der Waals surface area (Å²) in [5.74, 6) is -0.111. The van der Waals surface area contributed by atoms with Gasteiger partial charge in [-0.05, 0) is 37.6 Å². The summed E-state index contributed by atoms with van der Waals surface area (Å²) in [6, 6.07) is 6.26. The number of nitrogens with zero attached hydrogens (tertiary/aromatic N) is 1. The summed E-state index contributed by atoms with van der Waals surface area (Å²) in [6.45, 7) is 3.53. The molecule has 0 saturated carbocycles. The smallest absolute Gasteiger partial charge is 0.294 e. The zero-order chi connectivity index (χ0) is 16.5. The van der Waals surface area contributed by atoms with Crippen LogP contribution >= 0.6 is 31.9 Å². The van der Waals surface area contributed by atoms with Gasteiger partial charge in [0.05, 0.1) is 15.4 Å². The maximum absolute atomic E-state index is 12.1. The average molecular weight is 451 g/mol. The molecule has 1 aromatic rings. The fourth-order valence-electron chi connectivity index (χ4n) is 1.83. The van der Waals surface area contributed by atoms with Crippen molar-refractivity contribution in [3.05, 3.63) is 41.5 Å². The molecule has 1 aliphatic rings. The number of hydrogen-bond acceptors (Lipinski definition) is 5. The summed E-state index contributed by atoms with van der Waals surface area (Å²) < 4.78 is 29.0. The second-order valence-corrected chi connectivity index (χ2v) is 8.35. The lowest BCUT2D eigenvalue weighted by atomic mass is 9.97. The van der Waals surface area contributed by atoms with E-state index in [4.69, 9.17) is 4.28 Å². The maximum atomic E-state index is 12.1. The van der Waals surface area contributed by atoms with Gasteiger partial charge in [-0.25, -0.2) is 0 Å². The van der Waals surface area contributed by atoms with Crippen molar-refractivity contribution < 1.29 is 17.5 Å². The largest absolute Gasteiger partial charge is 0.358 e. The van der Waals surface area contributed by atoms with Gasteiger partial charge in [0.1, 0.15) is 4.90 Å². The van der Waals surface area contributed by atoms with Crippen molar-refractivity contribution in [1.82, 2.24) is 0 Å². The zero-order valence-corrected chi connectivity index (χ0v) is 15.8. The van der Waals surface area contributed by atoms with Gasteiger partial charge in [-0.15, -0.1) is 0 Å². The second-order valence-electron chi connectivity index (χ2n) is 4.85. The van der Waals surface area contributed by atoms with Gasteiger partial charge in [0.25, 0.3) is 0 Å². The van der Waals surface area contributed by atoms with Crippen LogP contribution < -0.4 is 0 Å². The van der Waals surface area contributed by atoms with E-state index in [1.54, 1.807) is 19.1 Å². The maximum Gasteiger partial charge on any atom is 0.358 e. The molecule has 0 aliphatic heterocycles. The number of allylic oxidation sites excluding steroid dienone is 2. The van der Waals surface area contributed by atoms with Crippen molar-refractivity contribution in [1.29, 1.82) is 0 Å². The van der Waals surface area contributed by atoms with Crippen LogP contribution in [0.5, 0.6) is 0 Å². The minimum atomic E-state index is -3.99. The Hall–Kier alpha value is -0.990. The third kappa shape index (κ3) is 3.67. The Morgan fingerprint density at radius 2 is 1.68 bits per heavy atom. The first-order chi connectivity index (χ1) is 10.2. The van der Waals surface area contributed by atoms with E-state index in [-0.39, 0.29) is 10.7 Å². The van der Waals surface area contributed by atoms with Gasteiger partial charge in [0.2, 0.25) is 0 Å². The summed E-state index contributed by atoms with van der Waals surface area (Å²) >= 11 is 6.55. The molecule has 118 valence electrons. The van der Waals surface area contributed by atoms with Crippen LogP contribution in [0.15, 0.2) is 46.0 Å². The molecule has 8 heteroatoms. The van der Waals surface area contributed by atoms with E-state index >= 15 is 0 Å². The number of carbonyl (C=O) groups is 1. The number of oxime groups is 1. The molecule has 1 aliphatic carbocycles. The molecule has 0 fully saturated rings. The Bertz CT molecular complexity index is 754. The highest BCUT2D eigenvalue weighted by molar-refractivity contribution is 9.12. The molecule has 2 unspecified atom stereocenters. The minimum Gasteiger partial charge on any atom is -0.294 e. The van der Waals surface area contributed by atoms with Crippen molar-refractivity contribution in [2.45, 2.75) is 28.4 Å². The summed E-state index contributed by atoms with van der Waals surface area (Å²) in [7, 11) is -3.99. The van der Waals surface area contributed by atoms with Gasteiger partial charge < -0.3 is 0 Å². The summed E-state index contributed by atoms with van der Waals surface area (Å²) in [6.07, 6.45) is 1.40. The molecule has 0 heterocycles. The number of aryl methyl sites for hydroxylation is 1. The third-order valence-corrected chi connectivity index (χ3v) is 6.87. The van der Waals surface area contributed by atoms with E-state index in [1.807, 2.05) is 6.92 Å². The fraction of sp³-hybridized carbons (Fsp3) is 0.286. The van der Waals surface area contributed by atoms with Crippen LogP contribution in [0.25, 0.3) is 0 Å². The molecule has 0 saturated heterocycles. The standard InChI is InChI=1S/C14H13Br2NO4S/c1-8-3-5-10(6-4-8)22(19,20)21-17-14-9(2)7-11(18)12(15)13(14)16/h3-7,12-13H,1-2H3/b17-14-. The topological polar surface area (TPSA) is 72.8 Å². The lowest BCUT2D eigenvalue weighted by Gasteiger charge is -2.21. The van der Waals surface area contributed by atoms with E-state index in [0.29, 0.717) is 11.3 Å². The summed E-state index contributed by atoms with van der Waals surface area (Å²) in [5, 5.41) is 3.73. The summed E-state index contributed by atoms with van der Waals surface area (Å²) in [5.41, 5.74) is 1.86. The minimum absolute atomic E-state index is 0.0254. The van der Waals surface area contributed by atoms with E-state index in [9.17, 15) is 13.2 Å². The molecule has 1 aromatic carbocycles. The highest BCUT2D eigenvalue weighted by Gasteiger charge is 2.33. The third-order valence-electron chi connectivity index (χ3n) is 3.10. The van der Waals surface area contributed by atoms with Crippen molar-refractivity contribution in [3.8, 4) is 0 Å². The molecule has 0 bridgehead atoms. The molecule has 0 spiro atoms. The fourth-order valence-corrected chi connectivity index (χ4v) is 3.65. The van der Waals surface area contributed by atoms with Crippen LogP contribution in [0.3, 0.4) is 0 Å². The van der Waals surface area contributed by atoms with Crippen molar-refractivity contribution in [2.24, 2.45) is 5.16 Å². The predicted octanol–water partition coefficient (Wildman–Crippen LogP) is 3.11. The highest BCUT2D eigenvalue weighted by Crippen LogP contribution is 2.26. The first kappa shape index (κ1) is 17.4. The molecule has 0 aromatic heterocycles. The number of hydrogen-bond donors (Lipinski definition) is 0. The molecular formula is C14H13Br2NO4S. The predicted molar refractivity (Wildman–Crippen MR) is 91.1 cm³/mol. The quantitative estimate of drug-likeness (QED) is 0.523. The number of alkyl halides is 2. The lowest BCUT2D eigenvalue weighted by molar-refractivity contribution is -0.113. The molecule has 0 radical (unpaired) electrons. The van der Waals surface area contributed by atoms with E-state index in [0.717, 1.165) is 5.56 Å². The van der Waals surface area contributed by atoms with Gasteiger partial charge in [-0.2, -0.15) is 8.42 Å². The van der Waals surface area contributed by atoms with Crippen molar-refractivity contribution >= 4 is 53.5 Å². The summed E-state index contributed by atoms with van der Waals surface area (Å²) in [4.78, 5) is 10.7. The molecule has 22 heavy (non-hydrogen) atoms. The number of rotatable bonds is 3. The van der Waals surface area contributed by atoms with Crippen LogP contribution in [0.2, 0.25) is 0 Å². The molecule has 5 nitrogen and oxygen atoms in total. The molecular weight excluding hydrogens is 438 g/mol. The van der Waals surface area contributed by atoms with Crippen molar-refractivity contribution in [3.63, 3.8) is 0 Å². The van der Waals surface area contributed by atoms with E-state index < -0.39 is 19.8 Å². The highest BCUT2D eigenvalue weighted by atomic mass is 79.9. The molecule has 0 N–H and O–H groups in total. The van der Waals surface area contributed by atoms with Crippen LogP contribution in [-0.2, 0) is 19.2 Å². The molecule has 2 rings (SSSR count). The number of ketones is 1. The van der Waals surface area contributed by atoms with Gasteiger partial charge >= 0.3 is 10.1 Å². The van der Waals surface area contributed by atoms with Crippen LogP contribution in [0.1, 0.15) is 12.5 Å². The normalized spacial score (nSPS) is 24.3. The van der Waals surface area contributed by atoms with Gasteiger partial charge in [-0.1, -0.05) is 54.7 Å². The van der Waals surface area contributed by atoms with E-state index in [2.05, 4.69) is 37.0 Å². The van der Waals surface area contributed by atoms with Gasteiger partial charge in [-0.3, -0.25) is 9.08 Å². The Morgan fingerprint density at radius 1 is 1.09 bits per heavy atom. The van der Waals surface area contributed by atoms with Gasteiger partial charge in [0.15, 0.2) is 5.78 Å². The first-order valence-electron chi connectivity index (χ1n) is 6.31. The van der Waals surface area contributed by atoms with Crippen LogP contribution in [0, 0.1) is 6.92 Å². The SMILES string of the molecule is CC1=CC(=O)C(Br)C(Br)/C1=N\OS(=O)(=O)c1ccc(C)cc1. The molecule has 0 amide bonds.